The van der Waals surface area contributed by atoms with Gasteiger partial charge in [-0.25, -0.2) is 0 Å². The predicted octanol–water partition coefficient (Wildman–Crippen LogP) is 14.4. The van der Waals surface area contributed by atoms with Crippen molar-refractivity contribution in [1.29, 1.82) is 0 Å². The van der Waals surface area contributed by atoms with E-state index in [2.05, 4.69) is 13.8 Å². The van der Waals surface area contributed by atoms with E-state index in [0.717, 1.165) is 19.3 Å². The molecule has 0 radical (unpaired) electrons. The fourth-order valence-corrected chi connectivity index (χ4v) is 6.86. The van der Waals surface area contributed by atoms with Gasteiger partial charge in [-0.1, -0.05) is 232 Å². The van der Waals surface area contributed by atoms with Gasteiger partial charge >= 0.3 is 5.97 Å². The molecule has 0 saturated carbocycles. The van der Waals surface area contributed by atoms with Gasteiger partial charge in [0.2, 0.25) is 0 Å². The Balaban J connectivity index is 3.34. The third-order valence-electron chi connectivity index (χ3n) is 10.2. The molecule has 0 spiro atoms. The van der Waals surface area contributed by atoms with Gasteiger partial charge in [0.05, 0.1) is 13.2 Å². The van der Waals surface area contributed by atoms with E-state index in [4.69, 9.17) is 9.47 Å². The van der Waals surface area contributed by atoms with Crippen LogP contribution in [-0.4, -0.2) is 37.0 Å². The molecule has 0 aliphatic heterocycles. The summed E-state index contributed by atoms with van der Waals surface area (Å²) in [5.41, 5.74) is 0. The van der Waals surface area contributed by atoms with Gasteiger partial charge in [-0.05, 0) is 12.8 Å². The topological polar surface area (TPSA) is 55.8 Å². The molecule has 4 heteroatoms. The van der Waals surface area contributed by atoms with E-state index in [1.807, 2.05) is 0 Å². The van der Waals surface area contributed by atoms with Crippen molar-refractivity contribution in [2.24, 2.45) is 0 Å². The highest BCUT2D eigenvalue weighted by molar-refractivity contribution is 5.69. The maximum absolute atomic E-state index is 12.2. The number of aliphatic hydroxyl groups is 1. The van der Waals surface area contributed by atoms with Crippen molar-refractivity contribution in [3.63, 3.8) is 0 Å². The van der Waals surface area contributed by atoms with Gasteiger partial charge in [0, 0.05) is 13.0 Å². The van der Waals surface area contributed by atoms with Crippen molar-refractivity contribution in [3.05, 3.63) is 0 Å². The Morgan fingerprint density at radius 3 is 0.979 bits per heavy atom. The third kappa shape index (κ3) is 39.8. The highest BCUT2D eigenvalue weighted by Gasteiger charge is 2.13. The van der Waals surface area contributed by atoms with Gasteiger partial charge in [-0.3, -0.25) is 4.79 Å². The van der Waals surface area contributed by atoms with E-state index < -0.39 is 6.10 Å². The highest BCUT2D eigenvalue weighted by atomic mass is 16.6. The van der Waals surface area contributed by atoms with Crippen molar-refractivity contribution in [2.75, 3.05) is 19.8 Å². The summed E-state index contributed by atoms with van der Waals surface area (Å²) >= 11 is 0. The molecule has 1 atom stereocenters. The maximum atomic E-state index is 12.2. The normalized spacial score (nSPS) is 12.1. The Kier molecular flexibility index (Phi) is 42.0. The SMILES string of the molecule is CCCCCCCCCCCCCCCCCCCCCCC(=O)OC(CO)COCCCCCCCCCCCCCCCCCC. The molecule has 0 amide bonds. The lowest BCUT2D eigenvalue weighted by molar-refractivity contribution is -0.154. The van der Waals surface area contributed by atoms with Crippen LogP contribution in [0.4, 0.5) is 0 Å². The first-order valence-corrected chi connectivity index (χ1v) is 22.1. The number of rotatable bonds is 42. The summed E-state index contributed by atoms with van der Waals surface area (Å²) < 4.78 is 11.2. The minimum absolute atomic E-state index is 0.163. The van der Waals surface area contributed by atoms with Gasteiger partial charge < -0.3 is 14.6 Å². The van der Waals surface area contributed by atoms with Crippen molar-refractivity contribution >= 4 is 5.97 Å². The minimum Gasteiger partial charge on any atom is -0.457 e. The molecule has 0 aliphatic rings. The summed E-state index contributed by atoms with van der Waals surface area (Å²) in [7, 11) is 0. The molecule has 0 saturated heterocycles. The minimum atomic E-state index is -0.524. The van der Waals surface area contributed by atoms with E-state index in [1.54, 1.807) is 0 Å². The second-order valence-electron chi connectivity index (χ2n) is 15.1. The molecule has 4 nitrogen and oxygen atoms in total. The van der Waals surface area contributed by atoms with Crippen LogP contribution >= 0.6 is 0 Å². The number of esters is 1. The first kappa shape index (κ1) is 47.4. The van der Waals surface area contributed by atoms with Gasteiger partial charge in [0.15, 0.2) is 0 Å². The van der Waals surface area contributed by atoms with Crippen molar-refractivity contribution < 1.29 is 19.4 Å². The smallest absolute Gasteiger partial charge is 0.306 e. The van der Waals surface area contributed by atoms with Crippen LogP contribution < -0.4 is 0 Å². The lowest BCUT2D eigenvalue weighted by Gasteiger charge is -2.16. The molecular formula is C44H88O4. The van der Waals surface area contributed by atoms with Crippen LogP contribution in [0.2, 0.25) is 0 Å². The number of carbonyl (C=O) groups is 1. The van der Waals surface area contributed by atoms with Gasteiger partial charge in [-0.2, -0.15) is 0 Å². The van der Waals surface area contributed by atoms with Crippen molar-refractivity contribution in [3.8, 4) is 0 Å². The molecule has 1 N–H and O–H groups in total. The lowest BCUT2D eigenvalue weighted by atomic mass is 10.0. The van der Waals surface area contributed by atoms with Crippen LogP contribution in [0.15, 0.2) is 0 Å². The number of hydrogen-bond acceptors (Lipinski definition) is 4. The molecule has 1 unspecified atom stereocenters. The average Bonchev–Trinajstić information content (AvgIpc) is 3.09. The van der Waals surface area contributed by atoms with Crippen LogP contribution in [0, 0.1) is 0 Å². The molecule has 0 heterocycles. The Labute approximate surface area is 302 Å². The predicted molar refractivity (Wildman–Crippen MR) is 210 cm³/mol. The monoisotopic (exact) mass is 681 g/mol. The molecular weight excluding hydrogens is 592 g/mol. The molecule has 0 fully saturated rings. The Morgan fingerprint density at radius 1 is 0.417 bits per heavy atom. The summed E-state index contributed by atoms with van der Waals surface area (Å²) in [6.07, 6.45) is 48.8. The van der Waals surface area contributed by atoms with Crippen LogP contribution in [0.25, 0.3) is 0 Å². The van der Waals surface area contributed by atoms with Gasteiger partial charge in [0.25, 0.3) is 0 Å². The van der Waals surface area contributed by atoms with Crippen molar-refractivity contribution in [2.45, 2.75) is 258 Å². The summed E-state index contributed by atoms with van der Waals surface area (Å²) in [5.74, 6) is -0.192. The van der Waals surface area contributed by atoms with E-state index in [1.165, 1.54) is 212 Å². The number of unbranched alkanes of at least 4 members (excludes halogenated alkanes) is 34. The molecule has 0 aliphatic carbocycles. The number of aliphatic hydroxyl groups excluding tert-OH is 1. The number of ether oxygens (including phenoxy) is 2. The highest BCUT2D eigenvalue weighted by Crippen LogP contribution is 2.16. The summed E-state index contributed by atoms with van der Waals surface area (Å²) in [6, 6.07) is 0. The molecule has 0 aromatic carbocycles. The maximum Gasteiger partial charge on any atom is 0.306 e. The van der Waals surface area contributed by atoms with E-state index in [-0.39, 0.29) is 12.6 Å². The molecule has 48 heavy (non-hydrogen) atoms. The first-order chi connectivity index (χ1) is 23.7. The molecule has 0 rings (SSSR count). The standard InChI is InChI=1S/C44H88O4/c1-3-5-7-9-11-13-15-17-19-21-22-23-24-25-27-29-31-33-35-37-39-44(46)48-43(41-45)42-47-40-38-36-34-32-30-28-26-20-18-16-14-12-10-8-6-4-2/h43,45H,3-42H2,1-2H3. The van der Waals surface area contributed by atoms with Crippen molar-refractivity contribution in [1.82, 2.24) is 0 Å². The summed E-state index contributed by atoms with van der Waals surface area (Å²) in [6.45, 7) is 5.41. The Hall–Kier alpha value is -0.610. The van der Waals surface area contributed by atoms with Crippen LogP contribution in [0.3, 0.4) is 0 Å². The average molecular weight is 681 g/mol. The molecule has 0 aromatic rings. The number of hydrogen-bond donors (Lipinski definition) is 1. The Morgan fingerprint density at radius 2 is 0.688 bits per heavy atom. The van der Waals surface area contributed by atoms with E-state index in [9.17, 15) is 9.90 Å². The second kappa shape index (κ2) is 42.6. The zero-order valence-electron chi connectivity index (χ0n) is 33.0. The third-order valence-corrected chi connectivity index (χ3v) is 10.2. The summed E-state index contributed by atoms with van der Waals surface area (Å²) in [4.78, 5) is 12.2. The zero-order chi connectivity index (χ0) is 34.9. The summed E-state index contributed by atoms with van der Waals surface area (Å²) in [5, 5.41) is 9.60. The van der Waals surface area contributed by atoms with Crippen LogP contribution in [0.5, 0.6) is 0 Å². The molecule has 0 bridgehead atoms. The second-order valence-corrected chi connectivity index (χ2v) is 15.1. The fourth-order valence-electron chi connectivity index (χ4n) is 6.86. The fraction of sp³-hybridized carbons (Fsp3) is 0.977. The largest absolute Gasteiger partial charge is 0.457 e. The van der Waals surface area contributed by atoms with Crippen LogP contribution in [0.1, 0.15) is 251 Å². The van der Waals surface area contributed by atoms with E-state index in [0.29, 0.717) is 19.6 Å². The Bertz CT molecular complexity index is 594. The van der Waals surface area contributed by atoms with Gasteiger partial charge in [0.1, 0.15) is 6.10 Å². The van der Waals surface area contributed by atoms with Gasteiger partial charge in [-0.15, -0.1) is 0 Å². The lowest BCUT2D eigenvalue weighted by Crippen LogP contribution is -2.27. The van der Waals surface area contributed by atoms with E-state index >= 15 is 0 Å². The zero-order valence-corrected chi connectivity index (χ0v) is 33.0. The molecule has 288 valence electrons. The quantitative estimate of drug-likeness (QED) is 0.0515. The first-order valence-electron chi connectivity index (χ1n) is 22.1. The number of carbonyl (C=O) groups excluding carboxylic acids is 1. The molecule has 0 aromatic heterocycles. The van der Waals surface area contributed by atoms with Crippen LogP contribution in [-0.2, 0) is 14.3 Å².